The summed E-state index contributed by atoms with van der Waals surface area (Å²) in [7, 11) is -3.30. The van der Waals surface area contributed by atoms with E-state index in [0.717, 1.165) is 44.2 Å². The fourth-order valence-electron chi connectivity index (χ4n) is 5.69. The van der Waals surface area contributed by atoms with Gasteiger partial charge in [-0.05, 0) is 37.0 Å². The fraction of sp³-hybridized carbons (Fsp3) is 0.500. The minimum Gasteiger partial charge on any atom is -0.378 e. The number of nitrogens with one attached hydrogen (secondary N) is 1. The van der Waals surface area contributed by atoms with Crippen LogP contribution in [0.2, 0.25) is 5.02 Å². The largest absolute Gasteiger partial charge is 0.420 e. The van der Waals surface area contributed by atoms with Gasteiger partial charge in [0.05, 0.1) is 30.2 Å². The maximum Gasteiger partial charge on any atom is 0.420 e. The SMILES string of the molecule is CS(=O)(=O)N1CCC(Nc2ncc(C(F)(F)F)c(-c3cn(-c4ccc(CN5C6COCC5C6)cc4Cl)cn3)n2)CC1. The van der Waals surface area contributed by atoms with Crippen molar-refractivity contribution in [3.05, 3.63) is 53.1 Å². The molecule has 3 aliphatic rings. The zero-order valence-electron chi connectivity index (χ0n) is 22.2. The molecular formula is C26H29ClF3N7O3S. The van der Waals surface area contributed by atoms with Gasteiger partial charge in [0.25, 0.3) is 0 Å². The normalized spacial score (nSPS) is 22.5. The second-order valence-corrected chi connectivity index (χ2v) is 13.1. The number of halogens is 4. The average molecular weight is 612 g/mol. The second-order valence-electron chi connectivity index (χ2n) is 10.7. The van der Waals surface area contributed by atoms with E-state index in [1.54, 1.807) is 4.57 Å². The maximum absolute atomic E-state index is 13.9. The molecule has 3 aromatic rings. The summed E-state index contributed by atoms with van der Waals surface area (Å²) >= 11 is 6.61. The molecule has 220 valence electrons. The quantitative estimate of drug-likeness (QED) is 0.430. The molecule has 6 rings (SSSR count). The van der Waals surface area contributed by atoms with Crippen molar-refractivity contribution in [3.63, 3.8) is 0 Å². The predicted octanol–water partition coefficient (Wildman–Crippen LogP) is 3.81. The van der Waals surface area contributed by atoms with Crippen molar-refractivity contribution in [1.29, 1.82) is 0 Å². The Morgan fingerprint density at radius 3 is 2.51 bits per heavy atom. The number of benzene rings is 1. The lowest BCUT2D eigenvalue weighted by atomic mass is 9.90. The summed E-state index contributed by atoms with van der Waals surface area (Å²) in [4.78, 5) is 14.7. The average Bonchev–Trinajstić information content (AvgIpc) is 3.41. The van der Waals surface area contributed by atoms with E-state index in [4.69, 9.17) is 16.3 Å². The summed E-state index contributed by atoms with van der Waals surface area (Å²) in [5.41, 5.74) is 0.277. The molecule has 3 saturated heterocycles. The number of hydrogen-bond donors (Lipinski definition) is 1. The molecule has 3 aliphatic heterocycles. The van der Waals surface area contributed by atoms with Gasteiger partial charge in [-0.15, -0.1) is 0 Å². The topological polar surface area (TPSA) is 105 Å². The van der Waals surface area contributed by atoms with Crippen LogP contribution in [-0.2, 0) is 27.5 Å². The van der Waals surface area contributed by atoms with E-state index in [1.165, 1.54) is 16.8 Å². The minimum absolute atomic E-state index is 0.0169. The number of morpholine rings is 1. The molecule has 2 unspecified atom stereocenters. The van der Waals surface area contributed by atoms with Crippen LogP contribution in [0, 0.1) is 0 Å². The molecule has 15 heteroatoms. The van der Waals surface area contributed by atoms with Crippen molar-refractivity contribution in [2.45, 2.75) is 50.1 Å². The van der Waals surface area contributed by atoms with Gasteiger partial charge < -0.3 is 14.6 Å². The van der Waals surface area contributed by atoms with Crippen LogP contribution in [-0.4, -0.2) is 87.8 Å². The lowest BCUT2D eigenvalue weighted by Crippen LogP contribution is -2.62. The number of piperidine rings is 1. The first kappa shape index (κ1) is 28.3. The van der Waals surface area contributed by atoms with E-state index in [1.807, 2.05) is 18.2 Å². The van der Waals surface area contributed by atoms with Crippen LogP contribution in [0.25, 0.3) is 17.1 Å². The third-order valence-corrected chi connectivity index (χ3v) is 9.54. The van der Waals surface area contributed by atoms with Crippen LogP contribution in [0.4, 0.5) is 19.1 Å². The molecule has 10 nitrogen and oxygen atoms in total. The van der Waals surface area contributed by atoms with Gasteiger partial charge in [0.15, 0.2) is 0 Å². The number of nitrogens with zero attached hydrogens (tertiary/aromatic N) is 6. The van der Waals surface area contributed by atoms with Crippen molar-refractivity contribution in [2.24, 2.45) is 0 Å². The minimum atomic E-state index is -4.70. The molecule has 1 N–H and O–H groups in total. The predicted molar refractivity (Wildman–Crippen MR) is 146 cm³/mol. The van der Waals surface area contributed by atoms with Crippen molar-refractivity contribution in [1.82, 2.24) is 28.7 Å². The van der Waals surface area contributed by atoms with Crippen LogP contribution in [0.1, 0.15) is 30.4 Å². The summed E-state index contributed by atoms with van der Waals surface area (Å²) in [5.74, 6) is 0.0175. The molecule has 5 heterocycles. The molecule has 2 aromatic heterocycles. The van der Waals surface area contributed by atoms with Gasteiger partial charge >= 0.3 is 6.18 Å². The maximum atomic E-state index is 13.9. The van der Waals surface area contributed by atoms with Crippen LogP contribution in [0.5, 0.6) is 0 Å². The number of hydrogen-bond acceptors (Lipinski definition) is 8. The molecule has 0 aliphatic carbocycles. The first-order chi connectivity index (χ1) is 19.5. The zero-order valence-corrected chi connectivity index (χ0v) is 23.8. The summed E-state index contributed by atoms with van der Waals surface area (Å²) in [6.07, 6.45) is 2.16. The molecule has 0 spiro atoms. The number of ether oxygens (including phenoxy) is 1. The van der Waals surface area contributed by atoms with Crippen LogP contribution < -0.4 is 5.32 Å². The standard InChI is InChI=1S/C26H29ClF3N7O3S/c1-41(38,39)36-6-4-17(5-7-36)33-25-31-10-20(26(28,29)30)24(34-25)22-12-35(15-32-22)23-3-2-16(8-21(23)27)11-37-18-9-19(37)14-40-13-18/h2-3,8,10,12,15,17-19H,4-7,9,11,13-14H2,1H3,(H,31,33,34). The van der Waals surface area contributed by atoms with Crippen molar-refractivity contribution >= 4 is 27.6 Å². The number of rotatable bonds is 7. The van der Waals surface area contributed by atoms with Crippen molar-refractivity contribution in [2.75, 3.05) is 37.9 Å². The van der Waals surface area contributed by atoms with E-state index in [9.17, 15) is 21.6 Å². The van der Waals surface area contributed by atoms with Crippen molar-refractivity contribution in [3.8, 4) is 17.1 Å². The Kier molecular flexibility index (Phi) is 7.47. The summed E-state index contributed by atoms with van der Waals surface area (Å²) in [6.45, 7) is 2.85. The van der Waals surface area contributed by atoms with Crippen LogP contribution in [0.15, 0.2) is 36.9 Å². The Morgan fingerprint density at radius 1 is 1.15 bits per heavy atom. The molecule has 41 heavy (non-hydrogen) atoms. The Bertz CT molecular complexity index is 1530. The summed E-state index contributed by atoms with van der Waals surface area (Å²) < 4.78 is 73.8. The fourth-order valence-corrected chi connectivity index (χ4v) is 6.86. The van der Waals surface area contributed by atoms with Crippen LogP contribution >= 0.6 is 11.6 Å². The Labute approximate surface area is 240 Å². The van der Waals surface area contributed by atoms with E-state index >= 15 is 0 Å². The Morgan fingerprint density at radius 2 is 1.88 bits per heavy atom. The van der Waals surface area contributed by atoms with Gasteiger partial charge in [0.2, 0.25) is 16.0 Å². The number of sulfonamides is 1. The highest BCUT2D eigenvalue weighted by molar-refractivity contribution is 7.88. The van der Waals surface area contributed by atoms with E-state index in [2.05, 4.69) is 25.2 Å². The number of aromatic nitrogens is 4. The first-order valence-corrected chi connectivity index (χ1v) is 15.5. The van der Waals surface area contributed by atoms with Gasteiger partial charge in [-0.25, -0.2) is 27.7 Å². The van der Waals surface area contributed by atoms with E-state index < -0.39 is 21.8 Å². The molecule has 3 fully saturated rings. The van der Waals surface area contributed by atoms with Gasteiger partial charge in [0.1, 0.15) is 23.3 Å². The zero-order chi connectivity index (χ0) is 28.9. The van der Waals surface area contributed by atoms with Crippen LogP contribution in [0.3, 0.4) is 0 Å². The Balaban J connectivity index is 1.21. The monoisotopic (exact) mass is 611 g/mol. The summed E-state index contributed by atoms with van der Waals surface area (Å²) in [6, 6.07) is 6.33. The number of alkyl halides is 3. The second kappa shape index (κ2) is 10.8. The van der Waals surface area contributed by atoms with Gasteiger partial charge in [0, 0.05) is 50.2 Å². The van der Waals surface area contributed by atoms with E-state index in [-0.39, 0.29) is 23.4 Å². The molecule has 2 bridgehead atoms. The smallest absolute Gasteiger partial charge is 0.378 e. The van der Waals surface area contributed by atoms with Gasteiger partial charge in [-0.3, -0.25) is 4.90 Å². The highest BCUT2D eigenvalue weighted by Gasteiger charge is 2.42. The number of imidazole rings is 1. The lowest BCUT2D eigenvalue weighted by Gasteiger charge is -2.52. The third-order valence-electron chi connectivity index (χ3n) is 7.93. The molecule has 2 atom stereocenters. The highest BCUT2D eigenvalue weighted by Crippen LogP contribution is 2.37. The molecule has 0 radical (unpaired) electrons. The first-order valence-electron chi connectivity index (χ1n) is 13.3. The third kappa shape index (κ3) is 5.93. The number of anilines is 1. The number of fused-ring (bicyclic) bond motifs is 2. The van der Waals surface area contributed by atoms with Crippen molar-refractivity contribution < 1.29 is 26.3 Å². The molecular weight excluding hydrogens is 583 g/mol. The molecule has 0 saturated carbocycles. The highest BCUT2D eigenvalue weighted by atomic mass is 35.5. The Hall–Kier alpha value is -2.78. The van der Waals surface area contributed by atoms with Gasteiger partial charge in [-0.1, -0.05) is 17.7 Å². The molecule has 0 amide bonds. The van der Waals surface area contributed by atoms with Gasteiger partial charge in [-0.2, -0.15) is 13.2 Å². The lowest BCUT2D eigenvalue weighted by molar-refractivity contribution is -0.137. The van der Waals surface area contributed by atoms with E-state index in [0.29, 0.717) is 48.7 Å². The summed E-state index contributed by atoms with van der Waals surface area (Å²) in [5, 5.41) is 3.51. The molecule has 1 aromatic carbocycles.